The van der Waals surface area contributed by atoms with Gasteiger partial charge < -0.3 is 14.6 Å². The zero-order chi connectivity index (χ0) is 14.4. The molecule has 3 heteroatoms. The molecule has 0 heterocycles. The lowest BCUT2D eigenvalue weighted by Gasteiger charge is -2.28. The fourth-order valence-electron chi connectivity index (χ4n) is 3.00. The van der Waals surface area contributed by atoms with Crippen molar-refractivity contribution in [1.82, 2.24) is 0 Å². The maximum atomic E-state index is 10.6. The molecule has 0 bridgehead atoms. The van der Waals surface area contributed by atoms with Gasteiger partial charge in [0.1, 0.15) is 5.75 Å². The third-order valence-electron chi connectivity index (χ3n) is 4.24. The van der Waals surface area contributed by atoms with Crippen molar-refractivity contribution >= 4 is 5.97 Å². The van der Waals surface area contributed by atoms with Gasteiger partial charge in [-0.05, 0) is 54.5 Å². The first-order valence-corrected chi connectivity index (χ1v) is 7.63. The normalized spacial score (nSPS) is 22.4. The first-order valence-electron chi connectivity index (χ1n) is 7.63. The maximum Gasteiger partial charge on any atom is 0.119 e. The zero-order valence-electron chi connectivity index (χ0n) is 12.1. The summed E-state index contributed by atoms with van der Waals surface area (Å²) in [5.41, 5.74) is 0.192. The molecule has 110 valence electrons. The maximum absolute atomic E-state index is 10.6. The Hall–Kier alpha value is -1.51. The van der Waals surface area contributed by atoms with Crippen LogP contribution in [0.25, 0.3) is 0 Å². The van der Waals surface area contributed by atoms with Gasteiger partial charge in [-0.15, -0.1) is 0 Å². The van der Waals surface area contributed by atoms with Crippen LogP contribution >= 0.6 is 0 Å². The smallest absolute Gasteiger partial charge is 0.119 e. The van der Waals surface area contributed by atoms with Crippen LogP contribution in [0.5, 0.6) is 5.75 Å². The summed E-state index contributed by atoms with van der Waals surface area (Å²) < 4.78 is 5.76. The number of hydrogen-bond acceptors (Lipinski definition) is 3. The molecule has 1 aromatic rings. The summed E-state index contributed by atoms with van der Waals surface area (Å²) in [6.07, 6.45) is 7.80. The molecule has 0 aromatic heterocycles. The third kappa shape index (κ3) is 4.26. The summed E-state index contributed by atoms with van der Waals surface area (Å²) in [6, 6.07) is 6.47. The fraction of sp³-hybridized carbons (Fsp3) is 0.588. The van der Waals surface area contributed by atoms with Gasteiger partial charge in [-0.3, -0.25) is 0 Å². The minimum Gasteiger partial charge on any atom is -0.545 e. The minimum absolute atomic E-state index is 0.192. The van der Waals surface area contributed by atoms with Crippen molar-refractivity contribution in [1.29, 1.82) is 0 Å². The quantitative estimate of drug-likeness (QED) is 0.801. The van der Waals surface area contributed by atoms with Gasteiger partial charge in [-0.1, -0.05) is 32.6 Å². The number of hydrogen-bond donors (Lipinski definition) is 0. The average Bonchev–Trinajstić information content (AvgIpc) is 2.47. The van der Waals surface area contributed by atoms with Crippen molar-refractivity contribution in [3.63, 3.8) is 0 Å². The first kappa shape index (κ1) is 14.9. The molecule has 1 fully saturated rings. The highest BCUT2D eigenvalue weighted by molar-refractivity contribution is 5.85. The predicted octanol–water partition coefficient (Wildman–Crippen LogP) is 3.04. The molecule has 1 aliphatic carbocycles. The fourth-order valence-corrected chi connectivity index (χ4v) is 3.00. The SMILES string of the molecule is CCCC1CCC(COc2ccc(C(=O)[O-])cc2)CC1. The van der Waals surface area contributed by atoms with Crippen molar-refractivity contribution < 1.29 is 14.6 Å². The van der Waals surface area contributed by atoms with Gasteiger partial charge in [0.15, 0.2) is 0 Å². The Bertz CT molecular complexity index is 416. The Morgan fingerprint density at radius 1 is 1.15 bits per heavy atom. The second-order valence-electron chi connectivity index (χ2n) is 5.80. The number of carboxylic acids is 1. The van der Waals surface area contributed by atoms with Gasteiger partial charge in [0, 0.05) is 0 Å². The standard InChI is InChI=1S/C17H24O3/c1-2-3-13-4-6-14(7-5-13)12-20-16-10-8-15(9-11-16)17(18)19/h8-11,13-14H,2-7,12H2,1H3,(H,18,19)/p-1. The molecule has 0 aliphatic heterocycles. The van der Waals surface area contributed by atoms with Crippen LogP contribution in [0.4, 0.5) is 0 Å². The Morgan fingerprint density at radius 3 is 2.30 bits per heavy atom. The Balaban J connectivity index is 1.74. The highest BCUT2D eigenvalue weighted by atomic mass is 16.5. The second kappa shape index (κ2) is 7.32. The van der Waals surface area contributed by atoms with Crippen molar-refractivity contribution in [2.45, 2.75) is 45.4 Å². The minimum atomic E-state index is -1.15. The largest absolute Gasteiger partial charge is 0.545 e. The Labute approximate surface area is 121 Å². The molecular weight excluding hydrogens is 252 g/mol. The zero-order valence-corrected chi connectivity index (χ0v) is 12.1. The molecule has 0 spiro atoms. The summed E-state index contributed by atoms with van der Waals surface area (Å²) in [5, 5.41) is 10.6. The molecule has 2 rings (SSSR count). The van der Waals surface area contributed by atoms with Crippen LogP contribution < -0.4 is 9.84 Å². The van der Waals surface area contributed by atoms with Crippen molar-refractivity contribution in [3.05, 3.63) is 29.8 Å². The Morgan fingerprint density at radius 2 is 1.75 bits per heavy atom. The molecule has 0 unspecified atom stereocenters. The highest BCUT2D eigenvalue weighted by Gasteiger charge is 2.20. The van der Waals surface area contributed by atoms with E-state index in [4.69, 9.17) is 4.74 Å². The van der Waals surface area contributed by atoms with Crippen molar-refractivity contribution in [3.8, 4) is 5.75 Å². The van der Waals surface area contributed by atoms with Gasteiger partial charge in [0.2, 0.25) is 0 Å². The van der Waals surface area contributed by atoms with Crippen LogP contribution in [0.1, 0.15) is 55.8 Å². The van der Waals surface area contributed by atoms with Crippen LogP contribution in [0.15, 0.2) is 24.3 Å². The van der Waals surface area contributed by atoms with Gasteiger partial charge in [0.05, 0.1) is 12.6 Å². The van der Waals surface area contributed by atoms with E-state index in [1.807, 2.05) is 0 Å². The summed E-state index contributed by atoms with van der Waals surface area (Å²) >= 11 is 0. The lowest BCUT2D eigenvalue weighted by atomic mass is 9.80. The second-order valence-corrected chi connectivity index (χ2v) is 5.80. The summed E-state index contributed by atoms with van der Waals surface area (Å²) in [4.78, 5) is 10.6. The van der Waals surface area contributed by atoms with Crippen LogP contribution in [0.2, 0.25) is 0 Å². The number of ether oxygens (including phenoxy) is 1. The molecular formula is C17H23O3-. The van der Waals surface area contributed by atoms with Crippen LogP contribution in [0, 0.1) is 11.8 Å². The molecule has 1 aromatic carbocycles. The number of carboxylic acid groups (broad SMARTS) is 1. The van der Waals surface area contributed by atoms with E-state index in [1.165, 1.54) is 50.7 Å². The summed E-state index contributed by atoms with van der Waals surface area (Å²) in [7, 11) is 0. The van der Waals surface area contributed by atoms with Gasteiger partial charge in [-0.25, -0.2) is 0 Å². The van der Waals surface area contributed by atoms with E-state index >= 15 is 0 Å². The van der Waals surface area contributed by atoms with Crippen LogP contribution in [-0.4, -0.2) is 12.6 Å². The van der Waals surface area contributed by atoms with Gasteiger partial charge >= 0.3 is 0 Å². The first-order chi connectivity index (χ1) is 9.69. The van der Waals surface area contributed by atoms with E-state index < -0.39 is 5.97 Å². The predicted molar refractivity (Wildman–Crippen MR) is 76.6 cm³/mol. The number of aromatic carboxylic acids is 1. The van der Waals surface area contributed by atoms with E-state index in [0.29, 0.717) is 5.92 Å². The number of rotatable bonds is 6. The molecule has 3 nitrogen and oxygen atoms in total. The molecule has 1 aliphatic rings. The van der Waals surface area contributed by atoms with Gasteiger partial charge in [-0.2, -0.15) is 0 Å². The molecule has 0 atom stereocenters. The number of carbonyl (C=O) groups is 1. The lowest BCUT2D eigenvalue weighted by Crippen LogP contribution is -2.22. The third-order valence-corrected chi connectivity index (χ3v) is 4.24. The van der Waals surface area contributed by atoms with Crippen LogP contribution in [0.3, 0.4) is 0 Å². The lowest BCUT2D eigenvalue weighted by molar-refractivity contribution is -0.255. The van der Waals surface area contributed by atoms with E-state index in [-0.39, 0.29) is 5.56 Å². The molecule has 0 amide bonds. The molecule has 1 saturated carbocycles. The summed E-state index contributed by atoms with van der Waals surface area (Å²) in [6.45, 7) is 3.00. The van der Waals surface area contributed by atoms with Crippen molar-refractivity contribution in [2.75, 3.05) is 6.61 Å². The van der Waals surface area contributed by atoms with E-state index in [1.54, 1.807) is 12.1 Å². The van der Waals surface area contributed by atoms with E-state index in [2.05, 4.69) is 6.92 Å². The molecule has 0 N–H and O–H groups in total. The number of benzene rings is 1. The Kier molecular flexibility index (Phi) is 5.45. The summed E-state index contributed by atoms with van der Waals surface area (Å²) in [5.74, 6) is 1.15. The van der Waals surface area contributed by atoms with Crippen molar-refractivity contribution in [2.24, 2.45) is 11.8 Å². The number of carbonyl (C=O) groups excluding carboxylic acids is 1. The monoisotopic (exact) mass is 275 g/mol. The van der Waals surface area contributed by atoms with E-state index in [9.17, 15) is 9.90 Å². The average molecular weight is 275 g/mol. The topological polar surface area (TPSA) is 49.4 Å². The van der Waals surface area contributed by atoms with Gasteiger partial charge in [0.25, 0.3) is 0 Å². The highest BCUT2D eigenvalue weighted by Crippen LogP contribution is 2.31. The van der Waals surface area contributed by atoms with E-state index in [0.717, 1.165) is 18.3 Å². The van der Waals surface area contributed by atoms with Crippen LogP contribution in [-0.2, 0) is 0 Å². The molecule has 0 radical (unpaired) electrons. The molecule has 0 saturated heterocycles. The molecule has 20 heavy (non-hydrogen) atoms.